The number of rotatable bonds is 9. The molecule has 1 aliphatic heterocycles. The summed E-state index contributed by atoms with van der Waals surface area (Å²) in [4.78, 5) is 18.4. The van der Waals surface area contributed by atoms with Crippen molar-refractivity contribution in [3.63, 3.8) is 0 Å². The van der Waals surface area contributed by atoms with Crippen LogP contribution in [-0.4, -0.2) is 57.2 Å². The quantitative estimate of drug-likeness (QED) is 0.318. The second-order valence-corrected chi connectivity index (χ2v) is 6.92. The summed E-state index contributed by atoms with van der Waals surface area (Å²) < 4.78 is 35.1. The second kappa shape index (κ2) is 11.2. The van der Waals surface area contributed by atoms with Crippen LogP contribution in [0.5, 0.6) is 5.75 Å². The normalized spacial score (nSPS) is 16.5. The van der Waals surface area contributed by atoms with Crippen LogP contribution < -0.4 is 25.6 Å². The third-order valence-corrected chi connectivity index (χ3v) is 4.71. The van der Waals surface area contributed by atoms with Gasteiger partial charge in [-0.1, -0.05) is 12.1 Å². The minimum Gasteiger partial charge on any atom is -0.459 e. The number of para-hydroxylation sites is 2. The van der Waals surface area contributed by atoms with Gasteiger partial charge < -0.3 is 30.0 Å². The Kier molecular flexibility index (Phi) is 8.08. The zero-order valence-electron chi connectivity index (χ0n) is 17.3. The Morgan fingerprint density at radius 1 is 1.29 bits per heavy atom. The molecule has 1 unspecified atom stereocenters. The number of furan rings is 1. The summed E-state index contributed by atoms with van der Waals surface area (Å²) in [6.07, 6.45) is 2.27. The minimum absolute atomic E-state index is 0.0927. The molecule has 0 spiro atoms. The first-order valence-electron chi connectivity index (χ1n) is 10.2. The maximum absolute atomic E-state index is 12.7. The number of ether oxygens (including phenoxy) is 1. The maximum atomic E-state index is 12.7. The van der Waals surface area contributed by atoms with Crippen molar-refractivity contribution in [3.8, 4) is 5.75 Å². The highest BCUT2D eigenvalue weighted by Crippen LogP contribution is 2.31. The van der Waals surface area contributed by atoms with Gasteiger partial charge in [0.15, 0.2) is 11.7 Å². The van der Waals surface area contributed by atoms with Gasteiger partial charge in [-0.15, -0.1) is 0 Å². The number of carbonyl (C=O) groups excluding carboxylic acids is 1. The Morgan fingerprint density at radius 2 is 2.13 bits per heavy atom. The largest absolute Gasteiger partial charge is 0.459 e. The number of nitrogens with zero attached hydrogens (tertiary/aromatic N) is 2. The van der Waals surface area contributed by atoms with Crippen molar-refractivity contribution >= 4 is 17.6 Å². The standard InChI is InChI=1S/C21H27F2N5O3/c1-2-24-21(26-11-10-25-19(29)18-8-5-13-30-18)27-15-9-12-28(14-15)16-6-3-4-7-17(16)31-20(22)23/h3-8,13,15,20H,2,9-12,14H2,1H3,(H,25,29)(H2,24,26,27). The fourth-order valence-electron chi connectivity index (χ4n) is 3.36. The van der Waals surface area contributed by atoms with Gasteiger partial charge in [0, 0.05) is 32.2 Å². The zero-order chi connectivity index (χ0) is 22.1. The highest BCUT2D eigenvalue weighted by atomic mass is 19.3. The number of carbonyl (C=O) groups is 1. The number of alkyl halides is 2. The summed E-state index contributed by atoms with van der Waals surface area (Å²) >= 11 is 0. The number of amides is 1. The van der Waals surface area contributed by atoms with E-state index in [1.54, 1.807) is 36.4 Å². The summed E-state index contributed by atoms with van der Waals surface area (Å²) in [6, 6.07) is 10.1. The van der Waals surface area contributed by atoms with Gasteiger partial charge in [-0.3, -0.25) is 9.79 Å². The molecular weight excluding hydrogens is 408 g/mol. The van der Waals surface area contributed by atoms with Gasteiger partial charge in [0.1, 0.15) is 5.75 Å². The van der Waals surface area contributed by atoms with Gasteiger partial charge >= 0.3 is 6.61 Å². The van der Waals surface area contributed by atoms with Crippen molar-refractivity contribution in [2.24, 2.45) is 4.99 Å². The first-order chi connectivity index (χ1) is 15.1. The highest BCUT2D eigenvalue weighted by molar-refractivity contribution is 5.91. The predicted octanol–water partition coefficient (Wildman–Crippen LogP) is 2.44. The molecule has 31 heavy (non-hydrogen) atoms. The van der Waals surface area contributed by atoms with Crippen molar-refractivity contribution < 1.29 is 22.7 Å². The number of guanidine groups is 1. The molecule has 2 aromatic rings. The summed E-state index contributed by atoms with van der Waals surface area (Å²) in [7, 11) is 0. The number of nitrogens with one attached hydrogen (secondary N) is 3. The molecule has 3 N–H and O–H groups in total. The lowest BCUT2D eigenvalue weighted by atomic mass is 10.2. The molecule has 0 aliphatic carbocycles. The van der Waals surface area contributed by atoms with E-state index in [4.69, 9.17) is 4.42 Å². The van der Waals surface area contributed by atoms with E-state index in [1.807, 2.05) is 11.8 Å². The maximum Gasteiger partial charge on any atom is 0.387 e. The summed E-state index contributed by atoms with van der Waals surface area (Å²) in [6.45, 7) is 1.89. The molecule has 1 aromatic carbocycles. The monoisotopic (exact) mass is 435 g/mol. The van der Waals surface area contributed by atoms with Crippen LogP contribution in [-0.2, 0) is 0 Å². The Bertz CT molecular complexity index is 860. The molecule has 0 bridgehead atoms. The van der Waals surface area contributed by atoms with Crippen molar-refractivity contribution in [3.05, 3.63) is 48.4 Å². The van der Waals surface area contributed by atoms with Crippen molar-refractivity contribution in [1.29, 1.82) is 0 Å². The second-order valence-electron chi connectivity index (χ2n) is 6.92. The van der Waals surface area contributed by atoms with Gasteiger partial charge in [0.25, 0.3) is 5.91 Å². The van der Waals surface area contributed by atoms with E-state index in [9.17, 15) is 13.6 Å². The van der Waals surface area contributed by atoms with E-state index in [2.05, 4.69) is 25.7 Å². The Balaban J connectivity index is 1.51. The van der Waals surface area contributed by atoms with E-state index in [0.29, 0.717) is 44.4 Å². The predicted molar refractivity (Wildman–Crippen MR) is 114 cm³/mol. The molecule has 1 aliphatic rings. The van der Waals surface area contributed by atoms with Gasteiger partial charge in [-0.05, 0) is 37.6 Å². The van der Waals surface area contributed by atoms with Crippen LogP contribution in [0.25, 0.3) is 0 Å². The van der Waals surface area contributed by atoms with E-state index in [-0.39, 0.29) is 23.5 Å². The van der Waals surface area contributed by atoms with Crippen molar-refractivity contribution in [2.75, 3.05) is 37.6 Å². The molecule has 0 radical (unpaired) electrons. The van der Waals surface area contributed by atoms with Crippen molar-refractivity contribution in [1.82, 2.24) is 16.0 Å². The molecule has 3 rings (SSSR count). The molecule has 2 heterocycles. The van der Waals surface area contributed by atoms with E-state index < -0.39 is 6.61 Å². The third-order valence-electron chi connectivity index (χ3n) is 4.71. The molecule has 1 amide bonds. The first kappa shape index (κ1) is 22.4. The molecule has 1 saturated heterocycles. The summed E-state index contributed by atoms with van der Waals surface area (Å²) in [5.74, 6) is 0.787. The van der Waals surface area contributed by atoms with Gasteiger partial charge in [-0.2, -0.15) is 8.78 Å². The number of hydrogen-bond donors (Lipinski definition) is 3. The smallest absolute Gasteiger partial charge is 0.387 e. The molecular formula is C21H27F2N5O3. The number of hydrogen-bond acceptors (Lipinski definition) is 5. The summed E-state index contributed by atoms with van der Waals surface area (Å²) in [5.41, 5.74) is 0.648. The average molecular weight is 435 g/mol. The topological polar surface area (TPSA) is 91.1 Å². The lowest BCUT2D eigenvalue weighted by Gasteiger charge is -2.22. The Morgan fingerprint density at radius 3 is 2.87 bits per heavy atom. The van der Waals surface area contributed by atoms with Crippen molar-refractivity contribution in [2.45, 2.75) is 26.0 Å². The average Bonchev–Trinajstić information content (AvgIpc) is 3.43. The number of anilines is 1. The lowest BCUT2D eigenvalue weighted by Crippen LogP contribution is -2.45. The fraction of sp³-hybridized carbons (Fsp3) is 0.429. The van der Waals surface area contributed by atoms with Crippen LogP contribution in [0.1, 0.15) is 23.9 Å². The molecule has 8 nitrogen and oxygen atoms in total. The van der Waals surface area contributed by atoms with Gasteiger partial charge in [0.05, 0.1) is 18.5 Å². The van der Waals surface area contributed by atoms with Crippen LogP contribution in [0, 0.1) is 0 Å². The third kappa shape index (κ3) is 6.59. The van der Waals surface area contributed by atoms with Crippen LogP contribution in [0.3, 0.4) is 0 Å². The number of benzene rings is 1. The molecule has 10 heteroatoms. The van der Waals surface area contributed by atoms with E-state index >= 15 is 0 Å². The molecule has 1 fully saturated rings. The Labute approximate surface area is 179 Å². The molecule has 168 valence electrons. The molecule has 0 saturated carbocycles. The van der Waals surface area contributed by atoms with Crippen LogP contribution in [0.2, 0.25) is 0 Å². The fourth-order valence-corrected chi connectivity index (χ4v) is 3.36. The van der Waals surface area contributed by atoms with Gasteiger partial charge in [-0.25, -0.2) is 0 Å². The number of aliphatic imine (C=N–C) groups is 1. The lowest BCUT2D eigenvalue weighted by molar-refractivity contribution is -0.0495. The van der Waals surface area contributed by atoms with E-state index in [0.717, 1.165) is 6.42 Å². The minimum atomic E-state index is -2.86. The SMILES string of the molecule is CCNC(=NCCNC(=O)c1ccco1)NC1CCN(c2ccccc2OC(F)F)C1. The Hall–Kier alpha value is -3.30. The highest BCUT2D eigenvalue weighted by Gasteiger charge is 2.26. The molecule has 1 aromatic heterocycles. The van der Waals surface area contributed by atoms with Crippen LogP contribution >= 0.6 is 0 Å². The van der Waals surface area contributed by atoms with Gasteiger partial charge in [0.2, 0.25) is 0 Å². The molecule has 1 atom stereocenters. The van der Waals surface area contributed by atoms with Crippen LogP contribution in [0.15, 0.2) is 52.1 Å². The van der Waals surface area contributed by atoms with Crippen LogP contribution in [0.4, 0.5) is 14.5 Å². The zero-order valence-corrected chi connectivity index (χ0v) is 17.3. The summed E-state index contributed by atoms with van der Waals surface area (Å²) in [5, 5.41) is 9.30. The van der Waals surface area contributed by atoms with E-state index in [1.165, 1.54) is 6.26 Å². The number of halogens is 2. The first-order valence-corrected chi connectivity index (χ1v) is 10.2.